The third-order valence-electron chi connectivity index (χ3n) is 1.62. The van der Waals surface area contributed by atoms with Crippen LogP contribution in [0.5, 0.6) is 0 Å². The number of nitrogens with zero attached hydrogens (tertiary/aromatic N) is 2. The number of hydrogen-bond acceptors (Lipinski definition) is 5. The Kier molecular flexibility index (Phi) is 3.04. The first-order valence-electron chi connectivity index (χ1n) is 3.84. The lowest BCUT2D eigenvalue weighted by Gasteiger charge is -2.10. The molecule has 3 N–H and O–H groups in total. The van der Waals surface area contributed by atoms with E-state index < -0.39 is 10.0 Å². The predicted molar refractivity (Wildman–Crippen MR) is 52.9 cm³/mol. The minimum Gasteiger partial charge on any atom is -0.308 e. The summed E-state index contributed by atoms with van der Waals surface area (Å²) in [5.74, 6) is 5.43. The molecule has 14 heavy (non-hydrogen) atoms. The molecule has 6 nitrogen and oxygen atoms in total. The van der Waals surface area contributed by atoms with Gasteiger partial charge in [0.25, 0.3) is 10.0 Å². The van der Waals surface area contributed by atoms with Gasteiger partial charge in [-0.15, -0.1) is 0 Å². The van der Waals surface area contributed by atoms with Crippen molar-refractivity contribution < 1.29 is 8.42 Å². The van der Waals surface area contributed by atoms with Gasteiger partial charge in [-0.05, 0) is 12.1 Å². The van der Waals surface area contributed by atoms with Crippen molar-refractivity contribution in [3.05, 3.63) is 18.2 Å². The van der Waals surface area contributed by atoms with Crippen molar-refractivity contribution in [2.24, 2.45) is 5.84 Å². The van der Waals surface area contributed by atoms with Crippen LogP contribution >= 0.6 is 0 Å². The Hall–Kier alpha value is -1.18. The molecule has 0 fully saturated rings. The van der Waals surface area contributed by atoms with Gasteiger partial charge in [-0.2, -0.15) is 0 Å². The van der Waals surface area contributed by atoms with Gasteiger partial charge in [-0.25, -0.2) is 23.5 Å². The zero-order valence-electron chi connectivity index (χ0n) is 7.93. The summed E-state index contributed by atoms with van der Waals surface area (Å²) in [6.45, 7) is 0. The molecule has 0 saturated heterocycles. The maximum Gasteiger partial charge on any atom is 0.260 e. The monoisotopic (exact) mass is 216 g/mol. The lowest BCUT2D eigenvalue weighted by molar-refractivity contribution is 0.517. The largest absolute Gasteiger partial charge is 0.308 e. The van der Waals surface area contributed by atoms with Crippen LogP contribution in [0.15, 0.2) is 23.2 Å². The van der Waals surface area contributed by atoms with Crippen LogP contribution in [0, 0.1) is 0 Å². The van der Waals surface area contributed by atoms with Crippen LogP contribution in [-0.4, -0.2) is 31.8 Å². The number of nitrogen functional groups attached to an aromatic ring is 1. The molecule has 0 aliphatic rings. The van der Waals surface area contributed by atoms with E-state index in [-0.39, 0.29) is 5.03 Å². The molecule has 1 rings (SSSR count). The van der Waals surface area contributed by atoms with E-state index >= 15 is 0 Å². The van der Waals surface area contributed by atoms with Crippen molar-refractivity contribution in [3.8, 4) is 0 Å². The fraction of sp³-hybridized carbons (Fsp3) is 0.286. The number of pyridine rings is 1. The normalized spacial score (nSPS) is 11.7. The van der Waals surface area contributed by atoms with Crippen LogP contribution in [0.25, 0.3) is 0 Å². The van der Waals surface area contributed by atoms with E-state index in [1.807, 2.05) is 0 Å². The van der Waals surface area contributed by atoms with Crippen LogP contribution < -0.4 is 11.3 Å². The van der Waals surface area contributed by atoms with Gasteiger partial charge in [0, 0.05) is 14.1 Å². The fourth-order valence-corrected chi connectivity index (χ4v) is 1.66. The summed E-state index contributed by atoms with van der Waals surface area (Å²) in [6, 6.07) is 4.56. The molecular formula is C7H12N4O2S. The summed E-state index contributed by atoms with van der Waals surface area (Å²) in [5, 5.41) is -0.0297. The number of nitrogens with two attached hydrogens (primary N) is 1. The summed E-state index contributed by atoms with van der Waals surface area (Å²) in [5.41, 5.74) is 2.28. The van der Waals surface area contributed by atoms with Crippen molar-refractivity contribution in [2.45, 2.75) is 5.03 Å². The topological polar surface area (TPSA) is 88.3 Å². The summed E-state index contributed by atoms with van der Waals surface area (Å²) in [7, 11) is -0.595. The maximum absolute atomic E-state index is 11.6. The van der Waals surface area contributed by atoms with E-state index in [4.69, 9.17) is 5.84 Å². The van der Waals surface area contributed by atoms with E-state index in [1.54, 1.807) is 12.1 Å². The molecule has 0 bridgehead atoms. The Bertz CT molecular complexity index is 415. The van der Waals surface area contributed by atoms with E-state index in [9.17, 15) is 8.42 Å². The number of aromatic nitrogens is 1. The third-order valence-corrected chi connectivity index (χ3v) is 3.33. The van der Waals surface area contributed by atoms with Crippen LogP contribution in [0.4, 0.5) is 5.82 Å². The number of hydrogen-bond donors (Lipinski definition) is 2. The highest BCUT2D eigenvalue weighted by atomic mass is 32.2. The smallest absolute Gasteiger partial charge is 0.260 e. The molecule has 1 aromatic rings. The number of sulfonamides is 1. The first kappa shape index (κ1) is 10.9. The Morgan fingerprint density at radius 3 is 2.57 bits per heavy atom. The Morgan fingerprint density at radius 1 is 1.43 bits per heavy atom. The van der Waals surface area contributed by atoms with Crippen LogP contribution in [0.3, 0.4) is 0 Å². The van der Waals surface area contributed by atoms with Gasteiger partial charge in [0.15, 0.2) is 5.03 Å². The average Bonchev–Trinajstić information content (AvgIpc) is 2.17. The zero-order valence-corrected chi connectivity index (χ0v) is 8.75. The Morgan fingerprint density at radius 2 is 2.07 bits per heavy atom. The SMILES string of the molecule is CN(C)S(=O)(=O)c1cccc(NN)n1. The molecule has 0 spiro atoms. The Balaban J connectivity index is 3.20. The van der Waals surface area contributed by atoms with E-state index in [1.165, 1.54) is 20.2 Å². The van der Waals surface area contributed by atoms with Gasteiger partial charge >= 0.3 is 0 Å². The van der Waals surface area contributed by atoms with Gasteiger partial charge in [0.2, 0.25) is 0 Å². The van der Waals surface area contributed by atoms with Crippen LogP contribution in [0.2, 0.25) is 0 Å². The molecule has 0 unspecified atom stereocenters. The highest BCUT2D eigenvalue weighted by molar-refractivity contribution is 7.89. The van der Waals surface area contributed by atoms with Crippen molar-refractivity contribution in [1.82, 2.24) is 9.29 Å². The van der Waals surface area contributed by atoms with Gasteiger partial charge in [-0.1, -0.05) is 6.07 Å². The van der Waals surface area contributed by atoms with Crippen molar-refractivity contribution in [2.75, 3.05) is 19.5 Å². The van der Waals surface area contributed by atoms with Crippen LogP contribution in [-0.2, 0) is 10.0 Å². The van der Waals surface area contributed by atoms with E-state index in [0.29, 0.717) is 5.82 Å². The number of rotatable bonds is 3. The maximum atomic E-state index is 11.6. The lowest BCUT2D eigenvalue weighted by Crippen LogP contribution is -2.23. The molecule has 0 aliphatic heterocycles. The van der Waals surface area contributed by atoms with Gasteiger partial charge in [0.05, 0.1) is 0 Å². The minimum absolute atomic E-state index is 0.0297. The summed E-state index contributed by atoms with van der Waals surface area (Å²) in [6.07, 6.45) is 0. The first-order valence-corrected chi connectivity index (χ1v) is 5.28. The highest BCUT2D eigenvalue weighted by Gasteiger charge is 2.18. The zero-order chi connectivity index (χ0) is 10.8. The fourth-order valence-electron chi connectivity index (χ4n) is 0.826. The second kappa shape index (κ2) is 3.91. The molecule has 1 heterocycles. The lowest BCUT2D eigenvalue weighted by atomic mass is 10.5. The summed E-state index contributed by atoms with van der Waals surface area (Å²) < 4.78 is 24.3. The molecule has 0 radical (unpaired) electrons. The number of nitrogens with one attached hydrogen (secondary N) is 1. The third kappa shape index (κ3) is 2.00. The molecule has 0 aromatic carbocycles. The second-order valence-electron chi connectivity index (χ2n) is 2.79. The molecule has 0 atom stereocenters. The second-order valence-corrected chi connectivity index (χ2v) is 4.89. The number of anilines is 1. The summed E-state index contributed by atoms with van der Waals surface area (Å²) >= 11 is 0. The quantitative estimate of drug-likeness (QED) is 0.531. The first-order chi connectivity index (χ1) is 6.48. The van der Waals surface area contributed by atoms with Gasteiger partial charge in [-0.3, -0.25) is 0 Å². The van der Waals surface area contributed by atoms with E-state index in [0.717, 1.165) is 4.31 Å². The average molecular weight is 216 g/mol. The molecule has 0 amide bonds. The van der Waals surface area contributed by atoms with Crippen molar-refractivity contribution >= 4 is 15.8 Å². The Labute approximate surface area is 82.8 Å². The molecule has 1 aromatic heterocycles. The number of hydrazine groups is 1. The van der Waals surface area contributed by atoms with Crippen LogP contribution in [0.1, 0.15) is 0 Å². The van der Waals surface area contributed by atoms with Crippen molar-refractivity contribution in [1.29, 1.82) is 0 Å². The predicted octanol–water partition coefficient (Wildman–Crippen LogP) is -0.383. The minimum atomic E-state index is -3.48. The molecule has 0 saturated carbocycles. The van der Waals surface area contributed by atoms with Gasteiger partial charge in [0.1, 0.15) is 5.82 Å². The van der Waals surface area contributed by atoms with Gasteiger partial charge < -0.3 is 5.43 Å². The molecule has 7 heteroatoms. The van der Waals surface area contributed by atoms with Crippen molar-refractivity contribution in [3.63, 3.8) is 0 Å². The van der Waals surface area contributed by atoms with E-state index in [2.05, 4.69) is 10.4 Å². The molecular weight excluding hydrogens is 204 g/mol. The standard InChI is InChI=1S/C7H12N4O2S/c1-11(2)14(12,13)7-5-3-4-6(9-7)10-8/h3-5H,8H2,1-2H3,(H,9,10). The summed E-state index contributed by atoms with van der Waals surface area (Å²) in [4.78, 5) is 3.82. The highest BCUT2D eigenvalue weighted by Crippen LogP contribution is 2.12. The molecule has 0 aliphatic carbocycles. The molecule has 78 valence electrons.